The lowest BCUT2D eigenvalue weighted by atomic mass is 9.97. The van der Waals surface area contributed by atoms with E-state index in [9.17, 15) is 19.2 Å². The van der Waals surface area contributed by atoms with Crippen LogP contribution in [0.3, 0.4) is 0 Å². The molecule has 232 valence electrons. The van der Waals surface area contributed by atoms with Crippen LogP contribution < -0.4 is 26.0 Å². The second kappa shape index (κ2) is 15.3. The van der Waals surface area contributed by atoms with Gasteiger partial charge in [-0.3, -0.25) is 19.2 Å². The van der Waals surface area contributed by atoms with E-state index in [0.717, 1.165) is 33.4 Å². The van der Waals surface area contributed by atoms with Gasteiger partial charge in [-0.25, -0.2) is 0 Å². The largest absolute Gasteiger partial charge is 0.497 e. The first kappa shape index (κ1) is 32.5. The van der Waals surface area contributed by atoms with Crippen LogP contribution >= 0.6 is 0 Å². The van der Waals surface area contributed by atoms with Crippen molar-refractivity contribution in [3.63, 3.8) is 0 Å². The summed E-state index contributed by atoms with van der Waals surface area (Å²) in [6, 6.07) is 30.8. The molecule has 4 amide bonds. The van der Waals surface area contributed by atoms with Gasteiger partial charge in [0, 0.05) is 6.54 Å². The average Bonchev–Trinajstić information content (AvgIpc) is 3.07. The molecule has 3 atom stereocenters. The maximum atomic E-state index is 12.7. The molecule has 0 bridgehead atoms. The van der Waals surface area contributed by atoms with E-state index in [1.54, 1.807) is 19.2 Å². The third-order valence-electron chi connectivity index (χ3n) is 7.47. The average molecular weight is 607 g/mol. The smallest absolute Gasteiger partial charge is 0.309 e. The molecule has 0 radical (unpaired) electrons. The molecule has 9 nitrogen and oxygen atoms in total. The molecule has 9 heteroatoms. The molecule has 0 heterocycles. The summed E-state index contributed by atoms with van der Waals surface area (Å²) in [6.07, 6.45) is 0. The Morgan fingerprint density at radius 2 is 1.00 bits per heavy atom. The van der Waals surface area contributed by atoms with Crippen LogP contribution in [0.25, 0.3) is 11.1 Å². The fraction of sp³-hybridized carbons (Fsp3) is 0.222. The Balaban J connectivity index is 1.34. The first-order valence-electron chi connectivity index (χ1n) is 14.7. The predicted molar refractivity (Wildman–Crippen MR) is 173 cm³/mol. The van der Waals surface area contributed by atoms with E-state index in [1.165, 1.54) is 0 Å². The summed E-state index contributed by atoms with van der Waals surface area (Å²) in [5.74, 6) is -2.15. The van der Waals surface area contributed by atoms with Crippen LogP contribution in [-0.2, 0) is 25.7 Å². The molecule has 4 aromatic rings. The van der Waals surface area contributed by atoms with Crippen LogP contribution in [-0.4, -0.2) is 30.7 Å². The van der Waals surface area contributed by atoms with E-state index in [4.69, 9.17) is 4.74 Å². The van der Waals surface area contributed by atoms with Crippen LogP contribution in [0.15, 0.2) is 103 Å². The van der Waals surface area contributed by atoms with Gasteiger partial charge >= 0.3 is 23.6 Å². The van der Waals surface area contributed by atoms with Crippen molar-refractivity contribution < 1.29 is 23.9 Å². The number of hydrogen-bond donors (Lipinski definition) is 4. The third kappa shape index (κ3) is 9.03. The monoisotopic (exact) mass is 606 g/mol. The van der Waals surface area contributed by atoms with Crippen molar-refractivity contribution in [1.29, 1.82) is 0 Å². The number of carbonyl (C=O) groups excluding carboxylic acids is 4. The minimum absolute atomic E-state index is 0.215. The second-order valence-electron chi connectivity index (χ2n) is 10.8. The zero-order chi connectivity index (χ0) is 32.3. The number of hydrogen-bond acceptors (Lipinski definition) is 5. The van der Waals surface area contributed by atoms with E-state index in [1.807, 2.05) is 112 Å². The molecule has 0 saturated carbocycles. The lowest BCUT2D eigenvalue weighted by Gasteiger charge is -2.18. The zero-order valence-corrected chi connectivity index (χ0v) is 25.8. The SMILES string of the molecule is COc1ccc(CNC(=O)C(=O)NC(C)c2cccc(-c3cccc(C(C)NC(=O)C(=O)NC(C)c4ccccc4)c3)c2)cc1. The zero-order valence-electron chi connectivity index (χ0n) is 25.8. The second-order valence-corrected chi connectivity index (χ2v) is 10.8. The van der Waals surface area contributed by atoms with E-state index in [0.29, 0.717) is 5.75 Å². The number of methoxy groups -OCH3 is 1. The lowest BCUT2D eigenvalue weighted by molar-refractivity contribution is -0.140. The Hall–Kier alpha value is -5.44. The van der Waals surface area contributed by atoms with Crippen molar-refractivity contribution in [2.75, 3.05) is 7.11 Å². The van der Waals surface area contributed by atoms with Gasteiger partial charge in [-0.15, -0.1) is 0 Å². The van der Waals surface area contributed by atoms with Crippen LogP contribution in [0.1, 0.15) is 61.2 Å². The summed E-state index contributed by atoms with van der Waals surface area (Å²) < 4.78 is 5.14. The highest BCUT2D eigenvalue weighted by Gasteiger charge is 2.20. The number of amides is 4. The topological polar surface area (TPSA) is 126 Å². The Labute approximate surface area is 263 Å². The summed E-state index contributed by atoms with van der Waals surface area (Å²) in [7, 11) is 1.58. The van der Waals surface area contributed by atoms with Crippen LogP contribution in [0, 0.1) is 0 Å². The highest BCUT2D eigenvalue weighted by Crippen LogP contribution is 2.26. The first-order chi connectivity index (χ1) is 21.6. The minimum Gasteiger partial charge on any atom is -0.497 e. The van der Waals surface area contributed by atoms with Gasteiger partial charge in [-0.05, 0) is 78.4 Å². The van der Waals surface area contributed by atoms with Gasteiger partial charge in [0.2, 0.25) is 0 Å². The number of nitrogens with one attached hydrogen (secondary N) is 4. The molecule has 0 spiro atoms. The Bertz CT molecular complexity index is 1640. The molecule has 4 rings (SSSR count). The normalized spacial score (nSPS) is 12.6. The molecule has 4 aromatic carbocycles. The van der Waals surface area contributed by atoms with Crippen LogP contribution in [0.5, 0.6) is 5.75 Å². The maximum Gasteiger partial charge on any atom is 0.309 e. The van der Waals surface area contributed by atoms with Crippen molar-refractivity contribution in [2.45, 2.75) is 45.4 Å². The van der Waals surface area contributed by atoms with Gasteiger partial charge < -0.3 is 26.0 Å². The molecule has 4 N–H and O–H groups in total. The van der Waals surface area contributed by atoms with Crippen molar-refractivity contribution >= 4 is 23.6 Å². The molecule has 0 aliphatic rings. The van der Waals surface area contributed by atoms with Crippen LogP contribution in [0.2, 0.25) is 0 Å². The fourth-order valence-electron chi connectivity index (χ4n) is 4.76. The Morgan fingerprint density at radius 1 is 0.556 bits per heavy atom. The van der Waals surface area contributed by atoms with Gasteiger partial charge in [0.05, 0.1) is 25.2 Å². The quantitative estimate of drug-likeness (QED) is 0.191. The lowest BCUT2D eigenvalue weighted by Crippen LogP contribution is -2.41. The molecule has 0 aliphatic carbocycles. The Morgan fingerprint density at radius 3 is 1.49 bits per heavy atom. The summed E-state index contributed by atoms with van der Waals surface area (Å²) in [4.78, 5) is 50.2. The summed E-state index contributed by atoms with van der Waals surface area (Å²) in [5, 5.41) is 10.9. The number of benzene rings is 4. The summed E-state index contributed by atoms with van der Waals surface area (Å²) >= 11 is 0. The van der Waals surface area contributed by atoms with Gasteiger partial charge in [0.25, 0.3) is 0 Å². The molecular formula is C36H38N4O5. The highest BCUT2D eigenvalue weighted by molar-refractivity contribution is 6.35. The molecule has 0 aromatic heterocycles. The van der Waals surface area contributed by atoms with Crippen molar-refractivity contribution in [1.82, 2.24) is 21.3 Å². The van der Waals surface area contributed by atoms with E-state index >= 15 is 0 Å². The van der Waals surface area contributed by atoms with Gasteiger partial charge in [-0.2, -0.15) is 0 Å². The molecule has 45 heavy (non-hydrogen) atoms. The van der Waals surface area contributed by atoms with Gasteiger partial charge in [-0.1, -0.05) is 78.9 Å². The molecule has 0 fully saturated rings. The van der Waals surface area contributed by atoms with E-state index in [-0.39, 0.29) is 12.6 Å². The minimum atomic E-state index is -0.727. The van der Waals surface area contributed by atoms with E-state index in [2.05, 4.69) is 21.3 Å². The Kier molecular flexibility index (Phi) is 11.1. The van der Waals surface area contributed by atoms with E-state index < -0.39 is 35.7 Å². The van der Waals surface area contributed by atoms with Gasteiger partial charge in [0.1, 0.15) is 5.75 Å². The predicted octanol–water partition coefficient (Wildman–Crippen LogP) is 4.91. The third-order valence-corrected chi connectivity index (χ3v) is 7.47. The summed E-state index contributed by atoms with van der Waals surface area (Å²) in [5.41, 5.74) is 5.18. The molecule has 0 saturated heterocycles. The first-order valence-corrected chi connectivity index (χ1v) is 14.7. The summed E-state index contributed by atoms with van der Waals surface area (Å²) in [6.45, 7) is 5.67. The maximum absolute atomic E-state index is 12.7. The van der Waals surface area contributed by atoms with Crippen molar-refractivity contribution in [3.8, 4) is 16.9 Å². The molecule has 0 aliphatic heterocycles. The number of ether oxygens (including phenoxy) is 1. The number of rotatable bonds is 10. The highest BCUT2D eigenvalue weighted by atomic mass is 16.5. The number of carbonyl (C=O) groups is 4. The van der Waals surface area contributed by atoms with Crippen molar-refractivity contribution in [3.05, 3.63) is 125 Å². The van der Waals surface area contributed by atoms with Crippen molar-refractivity contribution in [2.24, 2.45) is 0 Å². The van der Waals surface area contributed by atoms with Gasteiger partial charge in [0.15, 0.2) is 0 Å². The fourth-order valence-corrected chi connectivity index (χ4v) is 4.76. The standard InChI is InChI=1S/C36H38N4O5/c1-23(27-10-6-5-7-11-27)38-35(43)36(44)40-25(3)29-13-9-15-31(21-29)30-14-8-12-28(20-30)24(2)39-34(42)33(41)37-22-26-16-18-32(45-4)19-17-26/h5-21,23-25H,22H2,1-4H3,(H,37,41)(H,38,43)(H,39,42)(H,40,44). The van der Waals surface area contributed by atoms with Crippen LogP contribution in [0.4, 0.5) is 0 Å². The molecule has 3 unspecified atom stereocenters. The molecular weight excluding hydrogens is 568 g/mol.